The minimum absolute atomic E-state index is 0.260. The molecule has 0 bridgehead atoms. The molecule has 1 aromatic rings. The van der Waals surface area contributed by atoms with Crippen molar-refractivity contribution in [3.05, 3.63) is 12.0 Å². The lowest BCUT2D eigenvalue weighted by Gasteiger charge is -2.22. The number of aromatic nitrogens is 2. The van der Waals surface area contributed by atoms with Crippen LogP contribution >= 0.6 is 0 Å². The number of nitrogens with one attached hydrogen (secondary N) is 2. The Kier molecular flexibility index (Phi) is 4.08. The molecular weight excluding hydrogens is 223 g/mol. The average molecular weight is 240 g/mol. The molecule has 94 valence electrons. The van der Waals surface area contributed by atoms with Gasteiger partial charge in [-0.25, -0.2) is 9.37 Å². The molecule has 1 aliphatic heterocycles. The van der Waals surface area contributed by atoms with Crippen LogP contribution in [0.15, 0.2) is 6.20 Å². The van der Waals surface area contributed by atoms with Crippen LogP contribution in [0.1, 0.15) is 12.8 Å². The van der Waals surface area contributed by atoms with Gasteiger partial charge in [-0.1, -0.05) is 0 Å². The van der Waals surface area contributed by atoms with E-state index < -0.39 is 5.82 Å². The molecule has 0 spiro atoms. The zero-order chi connectivity index (χ0) is 12.1. The lowest BCUT2D eigenvalue weighted by atomic mass is 10.0. The molecular formula is C11H17FN4O. The Morgan fingerprint density at radius 1 is 1.47 bits per heavy atom. The van der Waals surface area contributed by atoms with Crippen molar-refractivity contribution in [2.45, 2.75) is 12.8 Å². The molecule has 0 aromatic carbocycles. The third kappa shape index (κ3) is 3.26. The number of ether oxygens (including phenoxy) is 1. The quantitative estimate of drug-likeness (QED) is 0.835. The maximum Gasteiger partial charge on any atom is 0.224 e. The van der Waals surface area contributed by atoms with Crippen LogP contribution < -0.4 is 10.6 Å². The predicted molar refractivity (Wildman–Crippen MR) is 63.6 cm³/mol. The number of hydrogen-bond donors (Lipinski definition) is 2. The molecule has 1 fully saturated rings. The fourth-order valence-corrected chi connectivity index (χ4v) is 1.80. The highest BCUT2D eigenvalue weighted by atomic mass is 19.1. The highest BCUT2D eigenvalue weighted by Crippen LogP contribution is 2.17. The van der Waals surface area contributed by atoms with Crippen LogP contribution in [0.2, 0.25) is 0 Å². The van der Waals surface area contributed by atoms with E-state index in [0.717, 1.165) is 32.6 Å². The zero-order valence-corrected chi connectivity index (χ0v) is 9.87. The third-order valence-electron chi connectivity index (χ3n) is 2.87. The van der Waals surface area contributed by atoms with Crippen LogP contribution in [0.3, 0.4) is 0 Å². The summed E-state index contributed by atoms with van der Waals surface area (Å²) >= 11 is 0. The maximum atomic E-state index is 13.4. The summed E-state index contributed by atoms with van der Waals surface area (Å²) in [6.07, 6.45) is 3.20. The summed E-state index contributed by atoms with van der Waals surface area (Å²) < 4.78 is 18.7. The molecule has 2 N–H and O–H groups in total. The van der Waals surface area contributed by atoms with Gasteiger partial charge in [-0.05, 0) is 18.8 Å². The second-order valence-electron chi connectivity index (χ2n) is 4.08. The summed E-state index contributed by atoms with van der Waals surface area (Å²) in [4.78, 5) is 7.83. The van der Waals surface area contributed by atoms with Crippen LogP contribution in [-0.4, -0.2) is 36.8 Å². The lowest BCUT2D eigenvalue weighted by molar-refractivity contribution is 0.0699. The number of rotatable bonds is 4. The van der Waals surface area contributed by atoms with Gasteiger partial charge in [0.2, 0.25) is 5.95 Å². The van der Waals surface area contributed by atoms with Gasteiger partial charge in [0.25, 0.3) is 0 Å². The van der Waals surface area contributed by atoms with Gasteiger partial charge in [0.1, 0.15) is 0 Å². The normalized spacial score (nSPS) is 16.8. The molecule has 0 saturated carbocycles. The Morgan fingerprint density at radius 2 is 2.24 bits per heavy atom. The maximum absolute atomic E-state index is 13.4. The summed E-state index contributed by atoms with van der Waals surface area (Å²) in [5.74, 6) is 0.781. The van der Waals surface area contributed by atoms with Crippen LogP contribution in [0.4, 0.5) is 16.2 Å². The molecule has 0 atom stereocenters. The van der Waals surface area contributed by atoms with Crippen LogP contribution in [-0.2, 0) is 4.74 Å². The van der Waals surface area contributed by atoms with E-state index in [-0.39, 0.29) is 5.82 Å². The van der Waals surface area contributed by atoms with E-state index in [0.29, 0.717) is 11.9 Å². The first kappa shape index (κ1) is 12.0. The number of hydrogen-bond acceptors (Lipinski definition) is 5. The molecule has 0 aliphatic carbocycles. The Labute approximate surface area is 99.8 Å². The van der Waals surface area contributed by atoms with Crippen LogP contribution in [0.25, 0.3) is 0 Å². The Balaban J connectivity index is 1.92. The number of nitrogens with zero attached hydrogens (tertiary/aromatic N) is 2. The van der Waals surface area contributed by atoms with E-state index in [1.165, 1.54) is 6.20 Å². The molecule has 1 saturated heterocycles. The summed E-state index contributed by atoms with van der Waals surface area (Å²) in [5, 5.41) is 5.82. The first-order valence-electron chi connectivity index (χ1n) is 5.81. The second-order valence-corrected chi connectivity index (χ2v) is 4.08. The van der Waals surface area contributed by atoms with Crippen molar-refractivity contribution in [2.75, 3.05) is 37.4 Å². The van der Waals surface area contributed by atoms with Gasteiger partial charge in [0.15, 0.2) is 11.6 Å². The molecule has 0 unspecified atom stereocenters. The van der Waals surface area contributed by atoms with Crippen molar-refractivity contribution in [3.63, 3.8) is 0 Å². The van der Waals surface area contributed by atoms with Crippen molar-refractivity contribution in [1.82, 2.24) is 9.97 Å². The van der Waals surface area contributed by atoms with E-state index in [4.69, 9.17) is 4.74 Å². The fourth-order valence-electron chi connectivity index (χ4n) is 1.80. The molecule has 17 heavy (non-hydrogen) atoms. The average Bonchev–Trinajstić information content (AvgIpc) is 2.39. The highest BCUT2D eigenvalue weighted by molar-refractivity contribution is 5.40. The van der Waals surface area contributed by atoms with Crippen molar-refractivity contribution in [2.24, 2.45) is 5.92 Å². The Bertz CT molecular complexity index is 368. The second kappa shape index (κ2) is 5.77. The summed E-state index contributed by atoms with van der Waals surface area (Å²) in [6.45, 7) is 2.31. The van der Waals surface area contributed by atoms with Gasteiger partial charge >= 0.3 is 0 Å². The first-order valence-corrected chi connectivity index (χ1v) is 5.81. The topological polar surface area (TPSA) is 59.1 Å². The SMILES string of the molecule is CNc1ncc(F)c(NCC2CCOCC2)n1. The van der Waals surface area contributed by atoms with E-state index in [1.807, 2.05) is 0 Å². The summed E-state index contributed by atoms with van der Waals surface area (Å²) in [5.41, 5.74) is 0. The van der Waals surface area contributed by atoms with E-state index in [2.05, 4.69) is 20.6 Å². The predicted octanol–water partition coefficient (Wildman–Crippen LogP) is 1.50. The molecule has 6 heteroatoms. The van der Waals surface area contributed by atoms with Gasteiger partial charge in [0.05, 0.1) is 6.20 Å². The minimum Gasteiger partial charge on any atom is -0.381 e. The first-order chi connectivity index (χ1) is 8.29. The van der Waals surface area contributed by atoms with Crippen LogP contribution in [0, 0.1) is 11.7 Å². The minimum atomic E-state index is -0.420. The van der Waals surface area contributed by atoms with Crippen molar-refractivity contribution >= 4 is 11.8 Å². The Morgan fingerprint density at radius 3 is 2.94 bits per heavy atom. The number of anilines is 2. The van der Waals surface area contributed by atoms with Crippen molar-refractivity contribution in [1.29, 1.82) is 0 Å². The molecule has 5 nitrogen and oxygen atoms in total. The van der Waals surface area contributed by atoms with Crippen LogP contribution in [0.5, 0.6) is 0 Å². The lowest BCUT2D eigenvalue weighted by Crippen LogP contribution is -2.23. The van der Waals surface area contributed by atoms with Gasteiger partial charge in [-0.15, -0.1) is 0 Å². The van der Waals surface area contributed by atoms with Gasteiger partial charge in [-0.3, -0.25) is 0 Å². The summed E-state index contributed by atoms with van der Waals surface area (Å²) in [6, 6.07) is 0. The standard InChI is InChI=1S/C11H17FN4O/c1-13-11-15-7-9(12)10(16-11)14-6-8-2-4-17-5-3-8/h7-8H,2-6H2,1H3,(H2,13,14,15,16). The van der Waals surface area contributed by atoms with Crippen molar-refractivity contribution in [3.8, 4) is 0 Å². The molecule has 2 heterocycles. The van der Waals surface area contributed by atoms with Gasteiger partial charge in [-0.2, -0.15) is 4.98 Å². The van der Waals surface area contributed by atoms with Crippen molar-refractivity contribution < 1.29 is 9.13 Å². The molecule has 0 amide bonds. The highest BCUT2D eigenvalue weighted by Gasteiger charge is 2.14. The molecule has 0 radical (unpaired) electrons. The molecule has 1 aromatic heterocycles. The van der Waals surface area contributed by atoms with Gasteiger partial charge in [0, 0.05) is 26.8 Å². The number of halogens is 1. The largest absolute Gasteiger partial charge is 0.381 e. The van der Waals surface area contributed by atoms with Gasteiger partial charge < -0.3 is 15.4 Å². The Hall–Kier alpha value is -1.43. The smallest absolute Gasteiger partial charge is 0.224 e. The summed E-state index contributed by atoms with van der Waals surface area (Å²) in [7, 11) is 1.70. The van der Waals surface area contributed by atoms with E-state index >= 15 is 0 Å². The third-order valence-corrected chi connectivity index (χ3v) is 2.87. The fraction of sp³-hybridized carbons (Fsp3) is 0.636. The molecule has 1 aliphatic rings. The zero-order valence-electron chi connectivity index (χ0n) is 9.87. The monoisotopic (exact) mass is 240 g/mol. The van der Waals surface area contributed by atoms with E-state index in [9.17, 15) is 4.39 Å². The van der Waals surface area contributed by atoms with E-state index in [1.54, 1.807) is 7.05 Å². The molecule has 2 rings (SSSR count).